The molecule has 0 unspecified atom stereocenters. The molecule has 0 saturated carbocycles. The molecular formula is C10H20N2O. The molecule has 3 heteroatoms. The Morgan fingerprint density at radius 1 is 1.46 bits per heavy atom. The lowest BCUT2D eigenvalue weighted by Gasteiger charge is -2.26. The average Bonchev–Trinajstić information content (AvgIpc) is 2.19. The molecule has 0 aromatic carbocycles. The highest BCUT2D eigenvalue weighted by atomic mass is 16.5. The monoisotopic (exact) mass is 184 g/mol. The van der Waals surface area contributed by atoms with Crippen molar-refractivity contribution < 1.29 is 4.74 Å². The first-order chi connectivity index (χ1) is 6.33. The summed E-state index contributed by atoms with van der Waals surface area (Å²) < 4.78 is 5.28. The maximum absolute atomic E-state index is 5.28. The molecule has 1 fully saturated rings. The minimum absolute atomic E-state index is 0.896. The Balaban J connectivity index is 2.01. The lowest BCUT2D eigenvalue weighted by atomic mass is 10.2. The molecule has 0 spiro atoms. The third-order valence-corrected chi connectivity index (χ3v) is 2.41. The summed E-state index contributed by atoms with van der Waals surface area (Å²) >= 11 is 0. The van der Waals surface area contributed by atoms with Crippen molar-refractivity contribution in [2.75, 3.05) is 39.9 Å². The first-order valence-corrected chi connectivity index (χ1v) is 4.98. The number of nitrogens with zero attached hydrogens (tertiary/aromatic N) is 1. The first kappa shape index (κ1) is 10.5. The van der Waals surface area contributed by atoms with Gasteiger partial charge in [0.05, 0.1) is 13.2 Å². The van der Waals surface area contributed by atoms with Crippen LogP contribution in [-0.2, 0) is 4.74 Å². The van der Waals surface area contributed by atoms with Crippen molar-refractivity contribution in [3.63, 3.8) is 0 Å². The number of allylic oxidation sites excluding steroid dienone is 1. The molecule has 0 atom stereocenters. The van der Waals surface area contributed by atoms with Crippen molar-refractivity contribution in [1.29, 1.82) is 0 Å². The van der Waals surface area contributed by atoms with Gasteiger partial charge < -0.3 is 10.1 Å². The second-order valence-corrected chi connectivity index (χ2v) is 3.41. The van der Waals surface area contributed by atoms with E-state index in [0.717, 1.165) is 38.4 Å². The third-order valence-electron chi connectivity index (χ3n) is 2.41. The van der Waals surface area contributed by atoms with E-state index < -0.39 is 0 Å². The van der Waals surface area contributed by atoms with E-state index in [9.17, 15) is 0 Å². The molecule has 0 aliphatic carbocycles. The normalized spacial score (nSPS) is 18.5. The van der Waals surface area contributed by atoms with Crippen molar-refractivity contribution >= 4 is 0 Å². The summed E-state index contributed by atoms with van der Waals surface area (Å²) in [5, 5.41) is 3.06. The standard InChI is InChI=1S/C10H20N2O/c1-10(11-2)4-3-5-12-6-8-13-9-7-12/h11H,1,3-9H2,2H3. The number of nitrogens with one attached hydrogen (secondary N) is 1. The molecular weight excluding hydrogens is 164 g/mol. The molecule has 0 bridgehead atoms. The van der Waals surface area contributed by atoms with Gasteiger partial charge in [-0.05, 0) is 19.4 Å². The van der Waals surface area contributed by atoms with E-state index in [2.05, 4.69) is 16.8 Å². The van der Waals surface area contributed by atoms with E-state index in [1.54, 1.807) is 0 Å². The third kappa shape index (κ3) is 4.29. The average molecular weight is 184 g/mol. The van der Waals surface area contributed by atoms with Crippen LogP contribution in [0.2, 0.25) is 0 Å². The zero-order valence-corrected chi connectivity index (χ0v) is 8.51. The Bertz CT molecular complexity index is 153. The van der Waals surface area contributed by atoms with Crippen LogP contribution in [0.3, 0.4) is 0 Å². The highest BCUT2D eigenvalue weighted by Crippen LogP contribution is 2.02. The molecule has 1 aliphatic heterocycles. The van der Waals surface area contributed by atoms with Crippen molar-refractivity contribution in [3.05, 3.63) is 12.3 Å². The molecule has 1 saturated heterocycles. The zero-order valence-electron chi connectivity index (χ0n) is 8.51. The smallest absolute Gasteiger partial charge is 0.0594 e. The number of hydrogen-bond acceptors (Lipinski definition) is 3. The van der Waals surface area contributed by atoms with Crippen molar-refractivity contribution in [1.82, 2.24) is 10.2 Å². The van der Waals surface area contributed by atoms with Crippen LogP contribution in [0.5, 0.6) is 0 Å². The maximum Gasteiger partial charge on any atom is 0.0594 e. The first-order valence-electron chi connectivity index (χ1n) is 4.98. The van der Waals surface area contributed by atoms with Gasteiger partial charge in [-0.2, -0.15) is 0 Å². The fourth-order valence-electron chi connectivity index (χ4n) is 1.47. The van der Waals surface area contributed by atoms with Crippen LogP contribution in [0.25, 0.3) is 0 Å². The molecule has 1 aliphatic rings. The fourth-order valence-corrected chi connectivity index (χ4v) is 1.47. The molecule has 0 radical (unpaired) electrons. The van der Waals surface area contributed by atoms with E-state index in [0.29, 0.717) is 0 Å². The van der Waals surface area contributed by atoms with Gasteiger partial charge >= 0.3 is 0 Å². The van der Waals surface area contributed by atoms with Gasteiger partial charge in [-0.25, -0.2) is 0 Å². The van der Waals surface area contributed by atoms with Crippen LogP contribution in [-0.4, -0.2) is 44.8 Å². The molecule has 3 nitrogen and oxygen atoms in total. The van der Waals surface area contributed by atoms with E-state index >= 15 is 0 Å². The van der Waals surface area contributed by atoms with Crippen LogP contribution >= 0.6 is 0 Å². The second kappa shape index (κ2) is 6.00. The summed E-state index contributed by atoms with van der Waals surface area (Å²) in [7, 11) is 1.93. The molecule has 76 valence electrons. The van der Waals surface area contributed by atoms with Crippen LogP contribution < -0.4 is 5.32 Å². The highest BCUT2D eigenvalue weighted by Gasteiger charge is 2.08. The number of ether oxygens (including phenoxy) is 1. The molecule has 13 heavy (non-hydrogen) atoms. The van der Waals surface area contributed by atoms with E-state index in [1.807, 2.05) is 7.05 Å². The minimum atomic E-state index is 0.896. The summed E-state index contributed by atoms with van der Waals surface area (Å²) in [5.41, 5.74) is 1.13. The van der Waals surface area contributed by atoms with Crippen LogP contribution in [0, 0.1) is 0 Å². The van der Waals surface area contributed by atoms with Crippen LogP contribution in [0.1, 0.15) is 12.8 Å². The number of rotatable bonds is 5. The summed E-state index contributed by atoms with van der Waals surface area (Å²) in [6.45, 7) is 9.04. The summed E-state index contributed by atoms with van der Waals surface area (Å²) in [6.07, 6.45) is 2.27. The Hall–Kier alpha value is -0.540. The van der Waals surface area contributed by atoms with Gasteiger partial charge in [0.1, 0.15) is 0 Å². The van der Waals surface area contributed by atoms with Gasteiger partial charge in [0.25, 0.3) is 0 Å². The molecule has 1 N–H and O–H groups in total. The number of morpholine rings is 1. The van der Waals surface area contributed by atoms with Gasteiger partial charge in [0.2, 0.25) is 0 Å². The maximum atomic E-state index is 5.28. The van der Waals surface area contributed by atoms with Crippen molar-refractivity contribution in [2.45, 2.75) is 12.8 Å². The van der Waals surface area contributed by atoms with Gasteiger partial charge in [0, 0.05) is 25.8 Å². The molecule has 0 aromatic rings. The topological polar surface area (TPSA) is 24.5 Å². The quantitative estimate of drug-likeness (QED) is 0.685. The Morgan fingerprint density at radius 2 is 2.15 bits per heavy atom. The van der Waals surface area contributed by atoms with Gasteiger partial charge in [-0.1, -0.05) is 6.58 Å². The van der Waals surface area contributed by atoms with E-state index in [1.165, 1.54) is 13.0 Å². The molecule has 0 aromatic heterocycles. The predicted molar refractivity (Wildman–Crippen MR) is 54.7 cm³/mol. The largest absolute Gasteiger partial charge is 0.392 e. The minimum Gasteiger partial charge on any atom is -0.392 e. The zero-order chi connectivity index (χ0) is 9.52. The van der Waals surface area contributed by atoms with E-state index in [4.69, 9.17) is 4.74 Å². The Kier molecular flexibility index (Phi) is 4.86. The Morgan fingerprint density at radius 3 is 2.77 bits per heavy atom. The van der Waals surface area contributed by atoms with Gasteiger partial charge in [-0.3, -0.25) is 4.90 Å². The van der Waals surface area contributed by atoms with E-state index in [-0.39, 0.29) is 0 Å². The second-order valence-electron chi connectivity index (χ2n) is 3.41. The fraction of sp³-hybridized carbons (Fsp3) is 0.800. The van der Waals surface area contributed by atoms with Crippen molar-refractivity contribution in [3.8, 4) is 0 Å². The Labute approximate surface area is 80.8 Å². The molecule has 1 rings (SSSR count). The molecule has 0 amide bonds. The SMILES string of the molecule is C=C(CCCN1CCOCC1)NC. The van der Waals surface area contributed by atoms with Crippen LogP contribution in [0.15, 0.2) is 12.3 Å². The number of hydrogen-bond donors (Lipinski definition) is 1. The predicted octanol–water partition coefficient (Wildman–Crippen LogP) is 0.832. The molecule has 1 heterocycles. The summed E-state index contributed by atoms with van der Waals surface area (Å²) in [4.78, 5) is 2.45. The summed E-state index contributed by atoms with van der Waals surface area (Å²) in [5.74, 6) is 0. The summed E-state index contributed by atoms with van der Waals surface area (Å²) in [6, 6.07) is 0. The van der Waals surface area contributed by atoms with Gasteiger partial charge in [-0.15, -0.1) is 0 Å². The van der Waals surface area contributed by atoms with Crippen LogP contribution in [0.4, 0.5) is 0 Å². The lowest BCUT2D eigenvalue weighted by Crippen LogP contribution is -2.36. The van der Waals surface area contributed by atoms with Gasteiger partial charge in [0.15, 0.2) is 0 Å². The highest BCUT2D eigenvalue weighted by molar-refractivity contribution is 4.88. The lowest BCUT2D eigenvalue weighted by molar-refractivity contribution is 0.0374. The van der Waals surface area contributed by atoms with Crippen molar-refractivity contribution in [2.24, 2.45) is 0 Å².